The molecule has 0 bridgehead atoms. The summed E-state index contributed by atoms with van der Waals surface area (Å²) in [5, 5.41) is 7.04. The van der Waals surface area contributed by atoms with Gasteiger partial charge in [0, 0.05) is 19.3 Å². The number of carbonyl (C=O) groups is 2. The van der Waals surface area contributed by atoms with E-state index in [1.54, 1.807) is 24.3 Å². The van der Waals surface area contributed by atoms with Gasteiger partial charge in [0.05, 0.1) is 22.8 Å². The molecule has 0 unspecified atom stereocenters. The Kier molecular flexibility index (Phi) is 8.83. The third kappa shape index (κ3) is 6.88. The lowest BCUT2D eigenvalue weighted by Crippen LogP contribution is -2.25. The number of nitrogens with one attached hydrogen (secondary N) is 2. The van der Waals surface area contributed by atoms with Gasteiger partial charge in [-0.2, -0.15) is 5.10 Å². The minimum absolute atomic E-state index is 0.0663. The second-order valence-corrected chi connectivity index (χ2v) is 9.62. The lowest BCUT2D eigenvalue weighted by molar-refractivity contribution is -0.119. The smallest absolute Gasteiger partial charge is 0.344 e. The van der Waals surface area contributed by atoms with Crippen molar-refractivity contribution in [2.24, 2.45) is 5.10 Å². The number of anilines is 1. The van der Waals surface area contributed by atoms with Crippen LogP contribution in [0.15, 0.2) is 74.7 Å². The Hall–Kier alpha value is -2.24. The largest absolute Gasteiger partial charge is 0.421 e. The van der Waals surface area contributed by atoms with E-state index in [0.29, 0.717) is 21.3 Å². The molecule has 0 aliphatic carbocycles. The van der Waals surface area contributed by atoms with Gasteiger partial charge in [-0.05, 0) is 81.8 Å². The molecule has 3 aromatic rings. The van der Waals surface area contributed by atoms with E-state index in [4.69, 9.17) is 4.74 Å². The monoisotopic (exact) mass is 669 g/mol. The van der Waals surface area contributed by atoms with Gasteiger partial charge in [-0.1, -0.05) is 45.8 Å². The third-order valence-electron chi connectivity index (χ3n) is 4.22. The van der Waals surface area contributed by atoms with E-state index >= 15 is 0 Å². The fourth-order valence-electron chi connectivity index (χ4n) is 2.63. The van der Waals surface area contributed by atoms with E-state index in [1.165, 1.54) is 6.21 Å². The quantitative estimate of drug-likeness (QED) is 0.108. The first-order valence-corrected chi connectivity index (χ1v) is 12.1. The standard InChI is InChI=1S/C23H18Br2IN3O3/c1-14-6-8-17(9-7-14)27-13-21(30)29-28-12-15-10-16(24)11-19(25)22(15)32-23(31)18-4-2-3-5-20(18)26/h2-12,27H,13H2,1H3,(H,29,30)/b28-12-. The van der Waals surface area contributed by atoms with Gasteiger partial charge < -0.3 is 10.1 Å². The summed E-state index contributed by atoms with van der Waals surface area (Å²) < 4.78 is 7.75. The molecular formula is C23H18Br2IN3O3. The maximum absolute atomic E-state index is 12.7. The molecule has 9 heteroatoms. The lowest BCUT2D eigenvalue weighted by atomic mass is 10.2. The molecule has 1 amide bonds. The maximum atomic E-state index is 12.7. The highest BCUT2D eigenvalue weighted by Gasteiger charge is 2.17. The molecule has 2 N–H and O–H groups in total. The van der Waals surface area contributed by atoms with Crippen LogP contribution in [0.25, 0.3) is 0 Å². The maximum Gasteiger partial charge on any atom is 0.344 e. The Bertz CT molecular complexity index is 1170. The molecule has 0 spiro atoms. The third-order valence-corrected chi connectivity index (χ3v) is 6.21. The number of hydrogen-bond donors (Lipinski definition) is 2. The van der Waals surface area contributed by atoms with Crippen molar-refractivity contribution in [1.82, 2.24) is 5.43 Å². The average Bonchev–Trinajstić information content (AvgIpc) is 2.76. The van der Waals surface area contributed by atoms with Gasteiger partial charge >= 0.3 is 5.97 Å². The summed E-state index contributed by atoms with van der Waals surface area (Å²) in [6.45, 7) is 2.06. The summed E-state index contributed by atoms with van der Waals surface area (Å²) in [5.41, 5.74) is 5.42. The Morgan fingerprint density at radius 3 is 2.53 bits per heavy atom. The first kappa shape index (κ1) is 24.4. The normalized spacial score (nSPS) is 10.8. The van der Waals surface area contributed by atoms with Crippen molar-refractivity contribution in [3.05, 3.63) is 89.9 Å². The van der Waals surface area contributed by atoms with Crippen LogP contribution >= 0.6 is 54.5 Å². The predicted molar refractivity (Wildman–Crippen MR) is 141 cm³/mol. The van der Waals surface area contributed by atoms with Crippen LogP contribution in [-0.4, -0.2) is 24.6 Å². The van der Waals surface area contributed by atoms with Gasteiger partial charge in [0.2, 0.25) is 0 Å². The number of esters is 1. The molecule has 0 heterocycles. The van der Waals surface area contributed by atoms with Gasteiger partial charge in [0.1, 0.15) is 0 Å². The molecule has 0 saturated heterocycles. The number of hydrogen-bond acceptors (Lipinski definition) is 5. The predicted octanol–water partition coefficient (Wildman–Crippen LogP) is 5.91. The van der Waals surface area contributed by atoms with Crippen molar-refractivity contribution >= 4 is 78.2 Å². The summed E-state index contributed by atoms with van der Waals surface area (Å²) >= 11 is 8.93. The molecule has 3 aromatic carbocycles. The SMILES string of the molecule is Cc1ccc(NCC(=O)N/N=C\c2cc(Br)cc(Br)c2OC(=O)c2ccccc2I)cc1. The van der Waals surface area contributed by atoms with Crippen LogP contribution < -0.4 is 15.5 Å². The highest BCUT2D eigenvalue weighted by atomic mass is 127. The van der Waals surface area contributed by atoms with Gasteiger partial charge in [0.25, 0.3) is 5.91 Å². The van der Waals surface area contributed by atoms with Gasteiger partial charge in [-0.15, -0.1) is 0 Å². The molecule has 0 aliphatic rings. The van der Waals surface area contributed by atoms with Crippen LogP contribution in [0.1, 0.15) is 21.5 Å². The number of halogens is 3. The Morgan fingerprint density at radius 2 is 1.81 bits per heavy atom. The van der Waals surface area contributed by atoms with Crippen LogP contribution in [0.4, 0.5) is 5.69 Å². The van der Waals surface area contributed by atoms with E-state index < -0.39 is 5.97 Å². The number of aryl methyl sites for hydroxylation is 1. The zero-order chi connectivity index (χ0) is 23.1. The van der Waals surface area contributed by atoms with Crippen LogP contribution in [0, 0.1) is 10.5 Å². The Morgan fingerprint density at radius 1 is 1.09 bits per heavy atom. The summed E-state index contributed by atoms with van der Waals surface area (Å²) in [4.78, 5) is 24.8. The second-order valence-electron chi connectivity index (χ2n) is 6.69. The molecule has 32 heavy (non-hydrogen) atoms. The zero-order valence-electron chi connectivity index (χ0n) is 16.9. The number of nitrogens with zero attached hydrogens (tertiary/aromatic N) is 1. The number of carbonyl (C=O) groups excluding carboxylic acids is 2. The number of benzene rings is 3. The minimum atomic E-state index is -0.487. The summed E-state index contributed by atoms with van der Waals surface area (Å²) in [7, 11) is 0. The van der Waals surface area contributed by atoms with E-state index in [1.807, 2.05) is 43.3 Å². The molecule has 0 atom stereocenters. The van der Waals surface area contributed by atoms with Crippen molar-refractivity contribution in [2.75, 3.05) is 11.9 Å². The summed E-state index contributed by atoms with van der Waals surface area (Å²) in [6.07, 6.45) is 1.43. The number of hydrazone groups is 1. The van der Waals surface area contributed by atoms with E-state index in [-0.39, 0.29) is 12.5 Å². The molecule has 0 aromatic heterocycles. The summed E-state index contributed by atoms with van der Waals surface area (Å²) in [5.74, 6) is -0.499. The molecule has 0 fully saturated rings. The van der Waals surface area contributed by atoms with Crippen molar-refractivity contribution < 1.29 is 14.3 Å². The molecule has 3 rings (SSSR count). The highest BCUT2D eigenvalue weighted by molar-refractivity contribution is 14.1. The van der Waals surface area contributed by atoms with E-state index in [9.17, 15) is 9.59 Å². The zero-order valence-corrected chi connectivity index (χ0v) is 22.2. The topological polar surface area (TPSA) is 79.8 Å². The van der Waals surface area contributed by atoms with Crippen LogP contribution in [-0.2, 0) is 4.79 Å². The lowest BCUT2D eigenvalue weighted by Gasteiger charge is -2.11. The van der Waals surface area contributed by atoms with Crippen LogP contribution in [0.3, 0.4) is 0 Å². The van der Waals surface area contributed by atoms with Gasteiger partial charge in [0.15, 0.2) is 5.75 Å². The van der Waals surface area contributed by atoms with Gasteiger partial charge in [-0.25, -0.2) is 10.2 Å². The molecule has 0 radical (unpaired) electrons. The summed E-state index contributed by atoms with van der Waals surface area (Å²) in [6, 6.07) is 18.4. The Labute approximate surface area is 216 Å². The molecule has 6 nitrogen and oxygen atoms in total. The van der Waals surface area contributed by atoms with Crippen molar-refractivity contribution in [1.29, 1.82) is 0 Å². The van der Waals surface area contributed by atoms with Crippen LogP contribution in [0.5, 0.6) is 5.75 Å². The minimum Gasteiger partial charge on any atom is -0.421 e. The molecule has 164 valence electrons. The average molecular weight is 671 g/mol. The number of ether oxygens (including phenoxy) is 1. The number of amides is 1. The number of rotatable bonds is 7. The van der Waals surface area contributed by atoms with Crippen molar-refractivity contribution in [3.63, 3.8) is 0 Å². The van der Waals surface area contributed by atoms with Crippen LogP contribution in [0.2, 0.25) is 0 Å². The first-order chi connectivity index (χ1) is 15.3. The first-order valence-electron chi connectivity index (χ1n) is 9.41. The fraction of sp³-hybridized carbons (Fsp3) is 0.0870. The highest BCUT2D eigenvalue weighted by Crippen LogP contribution is 2.33. The Balaban J connectivity index is 1.68. The van der Waals surface area contributed by atoms with Crippen molar-refractivity contribution in [2.45, 2.75) is 6.92 Å². The van der Waals surface area contributed by atoms with Gasteiger partial charge in [-0.3, -0.25) is 4.79 Å². The molecule has 0 aliphatic heterocycles. The molecular weight excluding hydrogens is 653 g/mol. The second kappa shape index (κ2) is 11.6. The fourth-order valence-corrected chi connectivity index (χ4v) is 4.57. The van der Waals surface area contributed by atoms with E-state index in [0.717, 1.165) is 19.3 Å². The van der Waals surface area contributed by atoms with Crippen molar-refractivity contribution in [3.8, 4) is 5.75 Å². The van der Waals surface area contributed by atoms with E-state index in [2.05, 4.69) is 70.3 Å². The molecule has 0 saturated carbocycles.